The van der Waals surface area contributed by atoms with Gasteiger partial charge in [-0.15, -0.1) is 11.3 Å². The van der Waals surface area contributed by atoms with Crippen molar-refractivity contribution >= 4 is 17.2 Å². The number of rotatable bonds is 4. The van der Waals surface area contributed by atoms with Gasteiger partial charge in [0.15, 0.2) is 0 Å². The molecule has 0 atom stereocenters. The second kappa shape index (κ2) is 7.91. The molecule has 4 rings (SSSR count). The number of hydrogen-bond donors (Lipinski definition) is 0. The number of carbonyl (C=O) groups excluding carboxylic acids is 1. The molecule has 5 heteroatoms. The summed E-state index contributed by atoms with van der Waals surface area (Å²) in [6, 6.07) is 10.9. The monoisotopic (exact) mass is 369 g/mol. The predicted octanol–water partition coefficient (Wildman–Crippen LogP) is 2.76. The van der Waals surface area contributed by atoms with Crippen LogP contribution in [0.15, 0.2) is 35.7 Å². The molecule has 0 spiro atoms. The third kappa shape index (κ3) is 4.17. The van der Waals surface area contributed by atoms with Gasteiger partial charge in [0.25, 0.3) is 0 Å². The Balaban J connectivity index is 1.24. The number of nitrogens with zero attached hydrogens (tertiary/aromatic N) is 3. The van der Waals surface area contributed by atoms with E-state index >= 15 is 0 Å². The highest BCUT2D eigenvalue weighted by molar-refractivity contribution is 7.10. The maximum atomic E-state index is 12.7. The van der Waals surface area contributed by atoms with Gasteiger partial charge < -0.3 is 4.90 Å². The van der Waals surface area contributed by atoms with Crippen LogP contribution in [0.2, 0.25) is 0 Å². The molecule has 0 aliphatic carbocycles. The van der Waals surface area contributed by atoms with Crippen LogP contribution in [0.5, 0.6) is 0 Å². The summed E-state index contributed by atoms with van der Waals surface area (Å²) in [5.41, 5.74) is 4.05. The molecule has 1 aromatic heterocycles. The lowest BCUT2D eigenvalue weighted by Crippen LogP contribution is -2.50. The Kier molecular flexibility index (Phi) is 5.38. The molecule has 1 amide bonds. The summed E-state index contributed by atoms with van der Waals surface area (Å²) in [7, 11) is 0. The number of carbonyl (C=O) groups is 1. The zero-order valence-electron chi connectivity index (χ0n) is 15.5. The van der Waals surface area contributed by atoms with Gasteiger partial charge in [0.1, 0.15) is 0 Å². The molecular formula is C21H27N3OS. The first kappa shape index (κ1) is 17.7. The van der Waals surface area contributed by atoms with Gasteiger partial charge in [-0.3, -0.25) is 14.6 Å². The smallest absolute Gasteiger partial charge is 0.237 e. The van der Waals surface area contributed by atoms with Gasteiger partial charge in [0, 0.05) is 50.7 Å². The minimum Gasteiger partial charge on any atom is -0.337 e. The summed E-state index contributed by atoms with van der Waals surface area (Å²) in [5.74, 6) is 0.286. The van der Waals surface area contributed by atoms with E-state index in [2.05, 4.69) is 52.4 Å². The molecule has 2 aromatic rings. The Morgan fingerprint density at radius 3 is 2.69 bits per heavy atom. The molecule has 0 unspecified atom stereocenters. The van der Waals surface area contributed by atoms with Crippen molar-refractivity contribution in [3.8, 4) is 0 Å². The van der Waals surface area contributed by atoms with Crippen LogP contribution in [-0.4, -0.2) is 59.9 Å². The first-order valence-electron chi connectivity index (χ1n) is 9.50. The van der Waals surface area contributed by atoms with Crippen LogP contribution in [0.25, 0.3) is 0 Å². The third-order valence-electron chi connectivity index (χ3n) is 5.47. The van der Waals surface area contributed by atoms with E-state index in [1.165, 1.54) is 21.6 Å². The van der Waals surface area contributed by atoms with Gasteiger partial charge >= 0.3 is 0 Å². The number of piperazine rings is 1. The second-order valence-electron chi connectivity index (χ2n) is 7.48. The number of fused-ring (bicyclic) bond motifs is 1. The van der Waals surface area contributed by atoms with Gasteiger partial charge in [-0.2, -0.15) is 0 Å². The van der Waals surface area contributed by atoms with Crippen molar-refractivity contribution in [2.45, 2.75) is 26.4 Å². The molecule has 0 saturated carbocycles. The van der Waals surface area contributed by atoms with Crippen LogP contribution in [0, 0.1) is 6.92 Å². The van der Waals surface area contributed by atoms with Crippen LogP contribution >= 0.6 is 11.3 Å². The highest BCUT2D eigenvalue weighted by Crippen LogP contribution is 2.24. The molecule has 0 N–H and O–H groups in total. The normalized spacial score (nSPS) is 18.7. The minimum atomic E-state index is 0.286. The summed E-state index contributed by atoms with van der Waals surface area (Å²) in [6.07, 6.45) is 1.02. The summed E-state index contributed by atoms with van der Waals surface area (Å²) in [6.45, 7) is 9.43. The molecule has 26 heavy (non-hydrogen) atoms. The highest BCUT2D eigenvalue weighted by atomic mass is 32.1. The van der Waals surface area contributed by atoms with Gasteiger partial charge in [-0.05, 0) is 35.9 Å². The van der Waals surface area contributed by atoms with Gasteiger partial charge in [-0.1, -0.05) is 29.8 Å². The standard InChI is InChI=1S/C21H27N3OS/c1-17-3-2-4-18(13-17)14-22-8-10-23(11-9-22)16-21(25)24-7-5-20-19(15-24)6-12-26-20/h2-4,6,12-13H,5,7-11,14-16H2,1H3. The molecule has 2 aliphatic rings. The largest absolute Gasteiger partial charge is 0.337 e. The predicted molar refractivity (Wildman–Crippen MR) is 106 cm³/mol. The second-order valence-corrected chi connectivity index (χ2v) is 8.48. The lowest BCUT2D eigenvalue weighted by Gasteiger charge is -2.36. The van der Waals surface area contributed by atoms with Crippen molar-refractivity contribution in [3.05, 3.63) is 57.3 Å². The van der Waals surface area contributed by atoms with Crippen molar-refractivity contribution in [2.24, 2.45) is 0 Å². The molecular weight excluding hydrogens is 342 g/mol. The molecule has 4 nitrogen and oxygen atoms in total. The molecule has 1 fully saturated rings. The van der Waals surface area contributed by atoms with Crippen molar-refractivity contribution in [1.29, 1.82) is 0 Å². The number of amides is 1. The van der Waals surface area contributed by atoms with E-state index in [0.29, 0.717) is 6.54 Å². The summed E-state index contributed by atoms with van der Waals surface area (Å²) in [5, 5.41) is 2.14. The Hall–Kier alpha value is -1.69. The Morgan fingerprint density at radius 2 is 1.88 bits per heavy atom. The van der Waals surface area contributed by atoms with Gasteiger partial charge in [0.05, 0.1) is 6.54 Å². The first-order valence-corrected chi connectivity index (χ1v) is 10.4. The molecule has 0 radical (unpaired) electrons. The Morgan fingerprint density at radius 1 is 1.08 bits per heavy atom. The highest BCUT2D eigenvalue weighted by Gasteiger charge is 2.25. The summed E-state index contributed by atoms with van der Waals surface area (Å²) in [4.78, 5) is 21.0. The average Bonchev–Trinajstić information content (AvgIpc) is 3.11. The molecule has 3 heterocycles. The fourth-order valence-electron chi connectivity index (χ4n) is 3.93. The molecule has 1 aromatic carbocycles. The van der Waals surface area contributed by atoms with Gasteiger partial charge in [0.2, 0.25) is 5.91 Å². The van der Waals surface area contributed by atoms with E-state index in [1.807, 2.05) is 16.2 Å². The van der Waals surface area contributed by atoms with Crippen LogP contribution in [0.1, 0.15) is 21.6 Å². The zero-order valence-corrected chi connectivity index (χ0v) is 16.3. The van der Waals surface area contributed by atoms with Crippen molar-refractivity contribution in [2.75, 3.05) is 39.3 Å². The van der Waals surface area contributed by atoms with Crippen molar-refractivity contribution in [1.82, 2.24) is 14.7 Å². The van der Waals surface area contributed by atoms with Gasteiger partial charge in [-0.25, -0.2) is 0 Å². The van der Waals surface area contributed by atoms with Crippen LogP contribution in [-0.2, 0) is 24.3 Å². The SMILES string of the molecule is Cc1cccc(CN2CCN(CC(=O)N3CCc4sccc4C3)CC2)c1. The molecule has 2 aliphatic heterocycles. The van der Waals surface area contributed by atoms with E-state index < -0.39 is 0 Å². The lowest BCUT2D eigenvalue weighted by molar-refractivity contribution is -0.133. The molecule has 1 saturated heterocycles. The van der Waals surface area contributed by atoms with E-state index in [4.69, 9.17) is 0 Å². The molecule has 0 bridgehead atoms. The van der Waals surface area contributed by atoms with Crippen molar-refractivity contribution in [3.63, 3.8) is 0 Å². The lowest BCUT2D eigenvalue weighted by atomic mass is 10.1. The number of benzene rings is 1. The zero-order chi connectivity index (χ0) is 17.9. The van der Waals surface area contributed by atoms with E-state index in [0.717, 1.165) is 52.2 Å². The molecule has 138 valence electrons. The summed E-state index contributed by atoms with van der Waals surface area (Å²) < 4.78 is 0. The number of hydrogen-bond acceptors (Lipinski definition) is 4. The van der Waals surface area contributed by atoms with Crippen molar-refractivity contribution < 1.29 is 4.79 Å². The van der Waals surface area contributed by atoms with Crippen LogP contribution in [0.4, 0.5) is 0 Å². The minimum absolute atomic E-state index is 0.286. The fourth-order valence-corrected chi connectivity index (χ4v) is 4.82. The van der Waals surface area contributed by atoms with Crippen LogP contribution in [0.3, 0.4) is 0 Å². The van der Waals surface area contributed by atoms with E-state index in [1.54, 1.807) is 0 Å². The average molecular weight is 370 g/mol. The first-order chi connectivity index (χ1) is 12.7. The topological polar surface area (TPSA) is 26.8 Å². The van der Waals surface area contributed by atoms with E-state index in [9.17, 15) is 4.79 Å². The quantitative estimate of drug-likeness (QED) is 0.829. The summed E-state index contributed by atoms with van der Waals surface area (Å²) >= 11 is 1.82. The third-order valence-corrected chi connectivity index (χ3v) is 6.50. The van der Waals surface area contributed by atoms with E-state index in [-0.39, 0.29) is 5.91 Å². The number of aryl methyl sites for hydroxylation is 1. The fraction of sp³-hybridized carbons (Fsp3) is 0.476. The maximum absolute atomic E-state index is 12.7. The Labute approximate surface area is 160 Å². The maximum Gasteiger partial charge on any atom is 0.237 e. The number of thiophene rings is 1. The Bertz CT molecular complexity index is 764. The van der Waals surface area contributed by atoms with Crippen LogP contribution < -0.4 is 0 Å².